The van der Waals surface area contributed by atoms with Crippen molar-refractivity contribution in [2.45, 2.75) is 32.0 Å². The normalized spacial score (nSPS) is 20.5. The first-order chi connectivity index (χ1) is 12.6. The van der Waals surface area contributed by atoms with Gasteiger partial charge in [0.05, 0.1) is 18.7 Å². The topological polar surface area (TPSA) is 90.4 Å². The number of β-amino-alcohol motifs (C(OH)–C–C–N with tert-alkyl or cyclic N) is 1. The van der Waals surface area contributed by atoms with Crippen molar-refractivity contribution in [2.75, 3.05) is 25.0 Å². The number of carbonyl (C=O) groups excluding carboxylic acids is 1. The molecule has 1 fully saturated rings. The first kappa shape index (κ1) is 18.3. The number of hydrogen-bond acceptors (Lipinski definition) is 6. The van der Waals surface area contributed by atoms with Gasteiger partial charge >= 0.3 is 0 Å². The van der Waals surface area contributed by atoms with Crippen molar-refractivity contribution in [3.05, 3.63) is 53.9 Å². The van der Waals surface area contributed by atoms with Crippen LogP contribution in [0.1, 0.15) is 17.5 Å². The number of amides is 1. The van der Waals surface area contributed by atoms with Gasteiger partial charge < -0.3 is 15.7 Å². The fourth-order valence-corrected chi connectivity index (χ4v) is 3.11. The third-order valence-electron chi connectivity index (χ3n) is 4.65. The van der Waals surface area contributed by atoms with E-state index in [0.29, 0.717) is 19.0 Å². The molecule has 7 heteroatoms. The first-order valence-corrected chi connectivity index (χ1v) is 8.87. The smallest absolute Gasteiger partial charge is 0.234 e. The number of nitrogens with one attached hydrogen (secondary N) is 2. The highest BCUT2D eigenvalue weighted by Crippen LogP contribution is 2.14. The maximum Gasteiger partial charge on any atom is 0.234 e. The molecule has 138 valence electrons. The zero-order valence-electron chi connectivity index (χ0n) is 14.9. The molecule has 1 aromatic heterocycles. The van der Waals surface area contributed by atoms with Gasteiger partial charge in [0.2, 0.25) is 11.9 Å². The molecule has 2 aromatic rings. The average Bonchev–Trinajstić information content (AvgIpc) is 2.64. The summed E-state index contributed by atoms with van der Waals surface area (Å²) in [5.74, 6) is 0.485. The minimum atomic E-state index is -0.572. The molecule has 3 N–H and O–H groups in total. The Morgan fingerprint density at radius 1 is 1.27 bits per heavy atom. The molecule has 0 bridgehead atoms. The first-order valence-electron chi connectivity index (χ1n) is 8.87. The third-order valence-corrected chi connectivity index (χ3v) is 4.65. The van der Waals surface area contributed by atoms with Gasteiger partial charge in [0, 0.05) is 32.0 Å². The lowest BCUT2D eigenvalue weighted by atomic mass is 10.0. The maximum atomic E-state index is 12.2. The molecule has 0 saturated carbocycles. The molecule has 1 saturated heterocycles. The van der Waals surface area contributed by atoms with Crippen LogP contribution in [0.3, 0.4) is 0 Å². The van der Waals surface area contributed by atoms with E-state index in [1.807, 2.05) is 36.1 Å². The number of carbonyl (C=O) groups is 1. The fourth-order valence-electron chi connectivity index (χ4n) is 3.11. The van der Waals surface area contributed by atoms with Crippen molar-refractivity contribution in [3.63, 3.8) is 0 Å². The van der Waals surface area contributed by atoms with Gasteiger partial charge in [0.25, 0.3) is 0 Å². The Hall–Kier alpha value is -2.51. The molecule has 3 rings (SSSR count). The monoisotopic (exact) mass is 355 g/mol. The summed E-state index contributed by atoms with van der Waals surface area (Å²) < 4.78 is 0. The number of nitrogens with zero attached hydrogens (tertiary/aromatic N) is 3. The number of piperidine rings is 1. The van der Waals surface area contributed by atoms with E-state index in [1.165, 1.54) is 5.56 Å². The standard InChI is InChI=1S/C19H25N5O2/c1-14-5-2-3-6-15(14)11-22-18(26)13-24-10-7-16(17(25)12-24)23-19-20-8-4-9-21-19/h2-6,8-9,16-17,25H,7,10-13H2,1H3,(H,22,26)(H,20,21,23)/t16-,17-/m1/s1. The number of likely N-dealkylation sites (tertiary alicyclic amines) is 1. The van der Waals surface area contributed by atoms with E-state index < -0.39 is 6.10 Å². The summed E-state index contributed by atoms with van der Waals surface area (Å²) in [7, 11) is 0. The van der Waals surface area contributed by atoms with Crippen molar-refractivity contribution >= 4 is 11.9 Å². The Morgan fingerprint density at radius 3 is 2.77 bits per heavy atom. The second kappa shape index (κ2) is 8.73. The predicted molar refractivity (Wildman–Crippen MR) is 99.5 cm³/mol. The number of aliphatic hydroxyl groups excluding tert-OH is 1. The van der Waals surface area contributed by atoms with E-state index in [0.717, 1.165) is 18.5 Å². The summed E-state index contributed by atoms with van der Waals surface area (Å²) in [4.78, 5) is 22.4. The third kappa shape index (κ3) is 5.00. The molecule has 0 spiro atoms. The molecular formula is C19H25N5O2. The fraction of sp³-hybridized carbons (Fsp3) is 0.421. The molecule has 26 heavy (non-hydrogen) atoms. The maximum absolute atomic E-state index is 12.2. The Morgan fingerprint density at radius 2 is 2.04 bits per heavy atom. The van der Waals surface area contributed by atoms with Crippen LogP contribution in [-0.4, -0.2) is 57.7 Å². The number of aryl methyl sites for hydroxylation is 1. The van der Waals surface area contributed by atoms with Gasteiger partial charge in [0.1, 0.15) is 0 Å². The Bertz CT molecular complexity index is 725. The van der Waals surface area contributed by atoms with Crippen molar-refractivity contribution in [3.8, 4) is 0 Å². The lowest BCUT2D eigenvalue weighted by Gasteiger charge is -2.35. The van der Waals surface area contributed by atoms with Crippen LogP contribution in [0, 0.1) is 6.92 Å². The van der Waals surface area contributed by atoms with E-state index in [9.17, 15) is 9.90 Å². The lowest BCUT2D eigenvalue weighted by Crippen LogP contribution is -2.52. The summed E-state index contributed by atoms with van der Waals surface area (Å²) in [5, 5.41) is 16.5. The molecular weight excluding hydrogens is 330 g/mol. The largest absolute Gasteiger partial charge is 0.390 e. The van der Waals surface area contributed by atoms with E-state index in [2.05, 4.69) is 20.6 Å². The molecule has 0 unspecified atom stereocenters. The summed E-state index contributed by atoms with van der Waals surface area (Å²) in [6, 6.07) is 9.65. The zero-order chi connectivity index (χ0) is 18.4. The van der Waals surface area contributed by atoms with E-state index >= 15 is 0 Å². The molecule has 1 amide bonds. The SMILES string of the molecule is Cc1ccccc1CNC(=O)CN1CC[C@@H](Nc2ncccn2)[C@H](O)C1. The second-order valence-corrected chi connectivity index (χ2v) is 6.62. The predicted octanol–water partition coefficient (Wildman–Crippen LogP) is 0.949. The minimum absolute atomic E-state index is 0.0294. The molecule has 2 heterocycles. The number of anilines is 1. The minimum Gasteiger partial charge on any atom is -0.390 e. The van der Waals surface area contributed by atoms with Crippen LogP contribution in [-0.2, 0) is 11.3 Å². The van der Waals surface area contributed by atoms with Crippen molar-refractivity contribution in [1.29, 1.82) is 0 Å². The van der Waals surface area contributed by atoms with Gasteiger partial charge in [-0.15, -0.1) is 0 Å². The quantitative estimate of drug-likeness (QED) is 0.715. The van der Waals surface area contributed by atoms with Crippen molar-refractivity contribution in [1.82, 2.24) is 20.2 Å². The van der Waals surface area contributed by atoms with Crippen LogP contribution in [0.2, 0.25) is 0 Å². The van der Waals surface area contributed by atoms with E-state index in [1.54, 1.807) is 18.5 Å². The van der Waals surface area contributed by atoms with Crippen LogP contribution in [0.4, 0.5) is 5.95 Å². The van der Waals surface area contributed by atoms with Crippen LogP contribution < -0.4 is 10.6 Å². The Kier molecular flexibility index (Phi) is 6.14. The van der Waals surface area contributed by atoms with Gasteiger partial charge in [0.15, 0.2) is 0 Å². The van der Waals surface area contributed by atoms with Crippen LogP contribution in [0.5, 0.6) is 0 Å². The zero-order valence-corrected chi connectivity index (χ0v) is 14.9. The number of benzene rings is 1. The van der Waals surface area contributed by atoms with Crippen LogP contribution >= 0.6 is 0 Å². The highest BCUT2D eigenvalue weighted by atomic mass is 16.3. The molecule has 1 aliphatic rings. The lowest BCUT2D eigenvalue weighted by molar-refractivity contribution is -0.123. The number of aromatic nitrogens is 2. The van der Waals surface area contributed by atoms with Gasteiger partial charge in [-0.05, 0) is 30.5 Å². The van der Waals surface area contributed by atoms with Gasteiger partial charge in [-0.25, -0.2) is 9.97 Å². The molecule has 0 aliphatic carbocycles. The van der Waals surface area contributed by atoms with Gasteiger partial charge in [-0.2, -0.15) is 0 Å². The van der Waals surface area contributed by atoms with Crippen LogP contribution in [0.25, 0.3) is 0 Å². The summed E-state index contributed by atoms with van der Waals surface area (Å²) in [6.07, 6.45) is 3.48. The average molecular weight is 355 g/mol. The van der Waals surface area contributed by atoms with Crippen molar-refractivity contribution in [2.24, 2.45) is 0 Å². The Balaban J connectivity index is 1.44. The molecule has 1 aliphatic heterocycles. The number of hydrogen-bond donors (Lipinski definition) is 3. The van der Waals surface area contributed by atoms with Crippen molar-refractivity contribution < 1.29 is 9.90 Å². The molecule has 2 atom stereocenters. The molecule has 0 radical (unpaired) electrons. The summed E-state index contributed by atoms with van der Waals surface area (Å²) in [6.45, 7) is 4.03. The number of aliphatic hydroxyl groups is 1. The summed E-state index contributed by atoms with van der Waals surface area (Å²) in [5.41, 5.74) is 2.28. The molecule has 1 aromatic carbocycles. The Labute approximate surface area is 153 Å². The van der Waals surface area contributed by atoms with Gasteiger partial charge in [-0.1, -0.05) is 24.3 Å². The summed E-state index contributed by atoms with van der Waals surface area (Å²) >= 11 is 0. The number of rotatable bonds is 6. The second-order valence-electron chi connectivity index (χ2n) is 6.62. The highest BCUT2D eigenvalue weighted by Gasteiger charge is 2.28. The molecule has 7 nitrogen and oxygen atoms in total. The van der Waals surface area contributed by atoms with E-state index in [4.69, 9.17) is 0 Å². The van der Waals surface area contributed by atoms with Crippen LogP contribution in [0.15, 0.2) is 42.7 Å². The van der Waals surface area contributed by atoms with Gasteiger partial charge in [-0.3, -0.25) is 9.69 Å². The van der Waals surface area contributed by atoms with E-state index in [-0.39, 0.29) is 18.5 Å². The highest BCUT2D eigenvalue weighted by molar-refractivity contribution is 5.78.